The maximum Gasteiger partial charge on any atom is 0.306 e. The van der Waals surface area contributed by atoms with E-state index in [-0.39, 0.29) is 50.5 Å². The van der Waals surface area contributed by atoms with Crippen molar-refractivity contribution in [3.63, 3.8) is 0 Å². The maximum absolute atomic E-state index is 11.9. The fourth-order valence-corrected chi connectivity index (χ4v) is 2.20. The van der Waals surface area contributed by atoms with Gasteiger partial charge in [0.2, 0.25) is 0 Å². The Morgan fingerprint density at radius 1 is 0.581 bits per heavy atom. The number of hydrogen-bond acceptors (Lipinski definition) is 11. The van der Waals surface area contributed by atoms with Gasteiger partial charge in [0.15, 0.2) is 0 Å². The van der Waals surface area contributed by atoms with Crippen LogP contribution in [-0.2, 0) is 33.4 Å². The Morgan fingerprint density at radius 2 is 0.935 bits per heavy atom. The normalized spacial score (nSPS) is 11.8. The monoisotopic (exact) mass is 450 g/mol. The van der Waals surface area contributed by atoms with Crippen LogP contribution in [0, 0.1) is 10.8 Å². The highest BCUT2D eigenvalue weighted by atomic mass is 16.6. The first-order valence-corrected chi connectivity index (χ1v) is 9.89. The van der Waals surface area contributed by atoms with Gasteiger partial charge in [0.05, 0.1) is 63.3 Å². The molecule has 0 aliphatic carbocycles. The van der Waals surface area contributed by atoms with Crippen molar-refractivity contribution >= 4 is 23.5 Å². The number of ether oxygens (including phenoxy) is 3. The van der Waals surface area contributed by atoms with E-state index in [0.29, 0.717) is 0 Å². The molecule has 0 aliphatic rings. The van der Waals surface area contributed by atoms with E-state index in [4.69, 9.17) is 14.2 Å². The van der Waals surface area contributed by atoms with Crippen LogP contribution in [0.4, 0.5) is 0 Å². The van der Waals surface area contributed by atoms with Crippen molar-refractivity contribution in [3.05, 3.63) is 0 Å². The van der Waals surface area contributed by atoms with E-state index < -0.39 is 62.4 Å². The first-order valence-electron chi connectivity index (χ1n) is 9.89. The highest BCUT2D eigenvalue weighted by Gasteiger charge is 2.36. The van der Waals surface area contributed by atoms with Gasteiger partial charge < -0.3 is 44.2 Å². The second-order valence-electron chi connectivity index (χ2n) is 7.85. The molecule has 0 aromatic carbocycles. The standard InChI is InChI=1S/C20H34O11/c1-15(25)3-5-17(27)30-13-20(10-24,14-31-18(28)6-4-16(2)26)12-29-11-19(7-21,8-22)9-23/h21-24H,3-14H2,1-2H3. The van der Waals surface area contributed by atoms with Crippen molar-refractivity contribution in [3.8, 4) is 0 Å². The van der Waals surface area contributed by atoms with Gasteiger partial charge in [-0.05, 0) is 13.8 Å². The molecule has 11 nitrogen and oxygen atoms in total. The molecular weight excluding hydrogens is 416 g/mol. The molecule has 0 aromatic rings. The Hall–Kier alpha value is -1.92. The summed E-state index contributed by atoms with van der Waals surface area (Å²) < 4.78 is 15.7. The van der Waals surface area contributed by atoms with E-state index in [1.165, 1.54) is 13.8 Å². The Bertz CT molecular complexity index is 541. The van der Waals surface area contributed by atoms with Crippen molar-refractivity contribution in [1.82, 2.24) is 0 Å². The zero-order valence-corrected chi connectivity index (χ0v) is 18.1. The molecule has 0 bridgehead atoms. The molecule has 0 atom stereocenters. The van der Waals surface area contributed by atoms with Gasteiger partial charge in [-0.15, -0.1) is 0 Å². The third-order valence-electron chi connectivity index (χ3n) is 4.60. The summed E-state index contributed by atoms with van der Waals surface area (Å²) >= 11 is 0. The Labute approximate surface area is 181 Å². The van der Waals surface area contributed by atoms with Crippen molar-refractivity contribution in [2.75, 3.05) is 52.9 Å². The second kappa shape index (κ2) is 15.0. The van der Waals surface area contributed by atoms with Gasteiger partial charge in [-0.25, -0.2) is 0 Å². The Balaban J connectivity index is 5.12. The fraction of sp³-hybridized carbons (Fsp3) is 0.800. The molecule has 0 spiro atoms. The SMILES string of the molecule is CC(=O)CCC(=O)OCC(CO)(COCC(CO)(CO)CO)COC(=O)CCC(C)=O. The van der Waals surface area contributed by atoms with Crippen LogP contribution in [0.5, 0.6) is 0 Å². The molecule has 180 valence electrons. The molecule has 0 heterocycles. The van der Waals surface area contributed by atoms with Crippen LogP contribution in [0.25, 0.3) is 0 Å². The van der Waals surface area contributed by atoms with Crippen LogP contribution in [0.2, 0.25) is 0 Å². The summed E-state index contributed by atoms with van der Waals surface area (Å²) in [6.45, 7) is -1.03. The lowest BCUT2D eigenvalue weighted by Gasteiger charge is -2.33. The van der Waals surface area contributed by atoms with Crippen LogP contribution in [0.1, 0.15) is 39.5 Å². The number of ketones is 2. The lowest BCUT2D eigenvalue weighted by atomic mass is 9.90. The zero-order chi connectivity index (χ0) is 23.9. The number of carbonyl (C=O) groups excluding carboxylic acids is 4. The molecular formula is C20H34O11. The fourth-order valence-electron chi connectivity index (χ4n) is 2.20. The van der Waals surface area contributed by atoms with E-state index in [1.807, 2.05) is 0 Å². The highest BCUT2D eigenvalue weighted by molar-refractivity contribution is 5.81. The summed E-state index contributed by atoms with van der Waals surface area (Å²) in [6.07, 6.45) is -0.321. The van der Waals surface area contributed by atoms with Crippen LogP contribution in [0.3, 0.4) is 0 Å². The summed E-state index contributed by atoms with van der Waals surface area (Å²) in [6, 6.07) is 0. The molecule has 0 aromatic heterocycles. The molecule has 0 aliphatic heterocycles. The average molecular weight is 450 g/mol. The predicted molar refractivity (Wildman–Crippen MR) is 106 cm³/mol. The number of hydrogen-bond donors (Lipinski definition) is 4. The predicted octanol–water partition coefficient (Wildman–Crippen LogP) is -1.23. The number of aliphatic hydroxyl groups excluding tert-OH is 4. The number of esters is 2. The van der Waals surface area contributed by atoms with E-state index >= 15 is 0 Å². The molecule has 4 N–H and O–H groups in total. The smallest absolute Gasteiger partial charge is 0.306 e. The van der Waals surface area contributed by atoms with Gasteiger partial charge in [0.1, 0.15) is 24.8 Å². The zero-order valence-electron chi connectivity index (χ0n) is 18.1. The minimum atomic E-state index is -1.37. The third kappa shape index (κ3) is 11.9. The van der Waals surface area contributed by atoms with Gasteiger partial charge in [0.25, 0.3) is 0 Å². The molecule has 0 saturated carbocycles. The van der Waals surface area contributed by atoms with Gasteiger partial charge in [0, 0.05) is 12.8 Å². The minimum absolute atomic E-state index is 0.00644. The number of Topliss-reactive ketones (excluding diaryl/α,β-unsaturated/α-hetero) is 2. The summed E-state index contributed by atoms with van der Waals surface area (Å²) in [4.78, 5) is 45.7. The van der Waals surface area contributed by atoms with Gasteiger partial charge in [-0.1, -0.05) is 0 Å². The van der Waals surface area contributed by atoms with E-state index in [9.17, 15) is 39.6 Å². The number of carbonyl (C=O) groups is 4. The molecule has 0 fully saturated rings. The van der Waals surface area contributed by atoms with Crippen molar-refractivity contribution in [2.24, 2.45) is 10.8 Å². The van der Waals surface area contributed by atoms with E-state index in [1.54, 1.807) is 0 Å². The maximum atomic E-state index is 11.9. The topological polar surface area (TPSA) is 177 Å². The molecule has 11 heteroatoms. The lowest BCUT2D eigenvalue weighted by molar-refractivity contribution is -0.164. The molecule has 0 unspecified atom stereocenters. The van der Waals surface area contributed by atoms with Crippen molar-refractivity contribution in [1.29, 1.82) is 0 Å². The molecule has 0 amide bonds. The van der Waals surface area contributed by atoms with Crippen molar-refractivity contribution in [2.45, 2.75) is 39.5 Å². The molecule has 0 saturated heterocycles. The summed E-state index contributed by atoms with van der Waals surface area (Å²) in [5, 5.41) is 38.1. The summed E-state index contributed by atoms with van der Waals surface area (Å²) in [5.74, 6) is -1.76. The quantitative estimate of drug-likeness (QED) is 0.184. The van der Waals surface area contributed by atoms with Crippen LogP contribution >= 0.6 is 0 Å². The van der Waals surface area contributed by atoms with Gasteiger partial charge in [-0.3, -0.25) is 9.59 Å². The lowest BCUT2D eigenvalue weighted by Crippen LogP contribution is -2.45. The van der Waals surface area contributed by atoms with E-state index in [0.717, 1.165) is 0 Å². The van der Waals surface area contributed by atoms with Crippen LogP contribution in [-0.4, -0.2) is 96.8 Å². The highest BCUT2D eigenvalue weighted by Crippen LogP contribution is 2.23. The first-order chi connectivity index (χ1) is 14.6. The largest absolute Gasteiger partial charge is 0.465 e. The van der Waals surface area contributed by atoms with Crippen molar-refractivity contribution < 1.29 is 53.8 Å². The van der Waals surface area contributed by atoms with Gasteiger partial charge >= 0.3 is 11.9 Å². The summed E-state index contributed by atoms with van der Waals surface area (Å²) in [7, 11) is 0. The third-order valence-corrected chi connectivity index (χ3v) is 4.60. The number of rotatable bonds is 18. The number of aliphatic hydroxyl groups is 4. The molecule has 0 radical (unpaired) electrons. The Kier molecular flexibility index (Phi) is 14.0. The molecule has 31 heavy (non-hydrogen) atoms. The average Bonchev–Trinajstić information content (AvgIpc) is 2.75. The summed E-state index contributed by atoms with van der Waals surface area (Å²) in [5.41, 5.74) is -2.69. The van der Waals surface area contributed by atoms with Gasteiger partial charge in [-0.2, -0.15) is 0 Å². The Morgan fingerprint density at radius 3 is 1.26 bits per heavy atom. The van der Waals surface area contributed by atoms with E-state index in [2.05, 4.69) is 0 Å². The first kappa shape index (κ1) is 29.1. The minimum Gasteiger partial charge on any atom is -0.465 e. The van der Waals surface area contributed by atoms with Crippen LogP contribution in [0.15, 0.2) is 0 Å². The second-order valence-corrected chi connectivity index (χ2v) is 7.85. The molecule has 0 rings (SSSR count). The van der Waals surface area contributed by atoms with Crippen LogP contribution < -0.4 is 0 Å².